The Morgan fingerprint density at radius 3 is 1.78 bits per heavy atom. The van der Waals surface area contributed by atoms with Crippen LogP contribution in [-0.2, 0) is 0 Å². The second kappa shape index (κ2) is 9.92. The van der Waals surface area contributed by atoms with Crippen LogP contribution in [0.5, 0.6) is 0 Å². The Hall–Kier alpha value is -3.92. The van der Waals surface area contributed by atoms with E-state index in [0.29, 0.717) is 23.0 Å². The van der Waals surface area contributed by atoms with Crippen LogP contribution in [0.2, 0.25) is 0 Å². The van der Waals surface area contributed by atoms with E-state index in [1.807, 2.05) is 85.8 Å². The van der Waals surface area contributed by atoms with Gasteiger partial charge in [-0.1, -0.05) is 85.8 Å². The van der Waals surface area contributed by atoms with Crippen LogP contribution in [0.1, 0.15) is 25.8 Å². The van der Waals surface area contributed by atoms with Crippen molar-refractivity contribution in [2.24, 2.45) is 0 Å². The number of hydrogen-bond donors (Lipinski definition) is 0. The molecule has 4 rings (SSSR count). The Kier molecular flexibility index (Phi) is 6.61. The van der Waals surface area contributed by atoms with Crippen molar-refractivity contribution >= 4 is 5.57 Å². The van der Waals surface area contributed by atoms with Gasteiger partial charge in [0.05, 0.1) is 0 Å². The molecule has 0 N–H and O–H groups in total. The molecule has 0 aliphatic rings. The van der Waals surface area contributed by atoms with E-state index in [2.05, 4.69) is 13.0 Å². The lowest BCUT2D eigenvalue weighted by molar-refractivity contribution is 0.627. The minimum atomic E-state index is -0.327. The standard InChI is InChI=1S/C28H24FN3/c1-3-11-20(12-4-2)23-17-24(19-25(29)18-23)28-31-26(21-13-7-5-8-14-21)30-27(32-28)22-15-9-6-10-16-22/h3,5-19H,4H2,1-2H3/b11-3-,20-12+. The Labute approximate surface area is 188 Å². The lowest BCUT2D eigenvalue weighted by Gasteiger charge is -2.10. The van der Waals surface area contributed by atoms with Crippen LogP contribution in [0.25, 0.3) is 39.7 Å². The van der Waals surface area contributed by atoms with Crippen LogP contribution in [0.3, 0.4) is 0 Å². The van der Waals surface area contributed by atoms with Gasteiger partial charge in [-0.05, 0) is 42.7 Å². The maximum absolute atomic E-state index is 14.7. The highest BCUT2D eigenvalue weighted by atomic mass is 19.1. The van der Waals surface area contributed by atoms with E-state index in [-0.39, 0.29) is 5.82 Å². The third kappa shape index (κ3) is 4.86. The lowest BCUT2D eigenvalue weighted by Crippen LogP contribution is -2.00. The van der Waals surface area contributed by atoms with Gasteiger partial charge in [-0.25, -0.2) is 19.3 Å². The quantitative estimate of drug-likeness (QED) is 0.305. The molecule has 0 atom stereocenters. The van der Waals surface area contributed by atoms with Gasteiger partial charge in [0.15, 0.2) is 17.5 Å². The second-order valence-corrected chi connectivity index (χ2v) is 7.33. The molecule has 0 unspecified atom stereocenters. The summed E-state index contributed by atoms with van der Waals surface area (Å²) in [6, 6.07) is 24.5. The van der Waals surface area contributed by atoms with Crippen molar-refractivity contribution in [1.82, 2.24) is 15.0 Å². The summed E-state index contributed by atoms with van der Waals surface area (Å²) in [6.45, 7) is 4.02. The highest BCUT2D eigenvalue weighted by Gasteiger charge is 2.14. The van der Waals surface area contributed by atoms with Crippen LogP contribution in [0, 0.1) is 5.82 Å². The minimum Gasteiger partial charge on any atom is -0.208 e. The molecule has 1 aromatic heterocycles. The van der Waals surface area contributed by atoms with Crippen molar-refractivity contribution < 1.29 is 4.39 Å². The Morgan fingerprint density at radius 2 is 1.28 bits per heavy atom. The first-order valence-corrected chi connectivity index (χ1v) is 10.7. The maximum atomic E-state index is 14.7. The monoisotopic (exact) mass is 421 g/mol. The molecule has 32 heavy (non-hydrogen) atoms. The maximum Gasteiger partial charge on any atom is 0.164 e. The molecule has 4 heteroatoms. The number of nitrogens with zero attached hydrogens (tertiary/aromatic N) is 3. The Bertz CT molecular complexity index is 1200. The highest BCUT2D eigenvalue weighted by Crippen LogP contribution is 2.28. The minimum absolute atomic E-state index is 0.327. The van der Waals surface area contributed by atoms with E-state index in [4.69, 9.17) is 15.0 Å². The van der Waals surface area contributed by atoms with Gasteiger partial charge in [-0.2, -0.15) is 0 Å². The number of aromatic nitrogens is 3. The van der Waals surface area contributed by atoms with Gasteiger partial charge in [0.1, 0.15) is 5.82 Å². The predicted octanol–water partition coefficient (Wildman–Crippen LogP) is 7.38. The van der Waals surface area contributed by atoms with Crippen molar-refractivity contribution in [3.8, 4) is 34.2 Å². The van der Waals surface area contributed by atoms with Crippen molar-refractivity contribution in [2.75, 3.05) is 0 Å². The van der Waals surface area contributed by atoms with Crippen molar-refractivity contribution in [3.05, 3.63) is 108 Å². The average molecular weight is 422 g/mol. The van der Waals surface area contributed by atoms with Crippen molar-refractivity contribution in [2.45, 2.75) is 20.3 Å². The molecule has 0 bridgehead atoms. The molecule has 3 nitrogen and oxygen atoms in total. The smallest absolute Gasteiger partial charge is 0.164 e. The molecule has 0 aliphatic carbocycles. The van der Waals surface area contributed by atoms with Crippen molar-refractivity contribution in [3.63, 3.8) is 0 Å². The second-order valence-electron chi connectivity index (χ2n) is 7.33. The van der Waals surface area contributed by atoms with Gasteiger partial charge in [0.25, 0.3) is 0 Å². The van der Waals surface area contributed by atoms with Crippen LogP contribution in [0.15, 0.2) is 97.1 Å². The van der Waals surface area contributed by atoms with E-state index in [1.165, 1.54) is 6.07 Å². The summed E-state index contributed by atoms with van der Waals surface area (Å²) in [5, 5.41) is 0. The van der Waals surface area contributed by atoms with E-state index >= 15 is 0 Å². The number of hydrogen-bond acceptors (Lipinski definition) is 3. The van der Waals surface area contributed by atoms with Crippen LogP contribution in [-0.4, -0.2) is 15.0 Å². The van der Waals surface area contributed by atoms with Gasteiger partial charge in [0, 0.05) is 16.7 Å². The fraction of sp³-hybridized carbons (Fsp3) is 0.107. The molecule has 0 radical (unpaired) electrons. The summed E-state index contributed by atoms with van der Waals surface area (Å²) in [6.07, 6.45) is 6.88. The summed E-state index contributed by atoms with van der Waals surface area (Å²) in [5.74, 6) is 1.22. The number of allylic oxidation sites excluding steroid dienone is 4. The largest absolute Gasteiger partial charge is 0.208 e. The van der Waals surface area contributed by atoms with Crippen LogP contribution < -0.4 is 0 Å². The Balaban J connectivity index is 1.91. The summed E-state index contributed by atoms with van der Waals surface area (Å²) >= 11 is 0. The first-order valence-electron chi connectivity index (χ1n) is 10.7. The molecular formula is C28H24FN3. The summed E-state index contributed by atoms with van der Waals surface area (Å²) in [4.78, 5) is 14.1. The van der Waals surface area contributed by atoms with Gasteiger partial charge in [-0.3, -0.25) is 0 Å². The average Bonchev–Trinajstić information content (AvgIpc) is 2.84. The van der Waals surface area contributed by atoms with E-state index in [0.717, 1.165) is 28.7 Å². The van der Waals surface area contributed by atoms with Gasteiger partial charge in [0.2, 0.25) is 0 Å². The first-order chi connectivity index (χ1) is 15.7. The number of halogens is 1. The zero-order chi connectivity index (χ0) is 22.3. The van der Waals surface area contributed by atoms with E-state index in [1.54, 1.807) is 6.07 Å². The normalized spacial score (nSPS) is 11.8. The fourth-order valence-corrected chi connectivity index (χ4v) is 3.50. The molecule has 0 saturated carbocycles. The predicted molar refractivity (Wildman–Crippen MR) is 129 cm³/mol. The van der Waals surface area contributed by atoms with Gasteiger partial charge in [-0.15, -0.1) is 0 Å². The van der Waals surface area contributed by atoms with Gasteiger partial charge < -0.3 is 0 Å². The van der Waals surface area contributed by atoms with Crippen LogP contribution in [0.4, 0.5) is 4.39 Å². The third-order valence-corrected chi connectivity index (χ3v) is 4.96. The third-order valence-electron chi connectivity index (χ3n) is 4.96. The molecule has 0 fully saturated rings. The Morgan fingerprint density at radius 1 is 0.750 bits per heavy atom. The summed E-state index contributed by atoms with van der Waals surface area (Å²) in [7, 11) is 0. The zero-order valence-corrected chi connectivity index (χ0v) is 18.2. The highest BCUT2D eigenvalue weighted by molar-refractivity contribution is 5.77. The van der Waals surface area contributed by atoms with Crippen molar-refractivity contribution in [1.29, 1.82) is 0 Å². The molecule has 4 aromatic rings. The lowest BCUT2D eigenvalue weighted by atomic mass is 10.0. The molecule has 3 aromatic carbocycles. The number of rotatable bonds is 6. The van der Waals surface area contributed by atoms with E-state index in [9.17, 15) is 4.39 Å². The SMILES string of the molecule is C/C=C\C(=C/CC)c1cc(F)cc(-c2nc(-c3ccccc3)nc(-c3ccccc3)n2)c1. The molecule has 158 valence electrons. The van der Waals surface area contributed by atoms with Gasteiger partial charge >= 0.3 is 0 Å². The van der Waals surface area contributed by atoms with E-state index < -0.39 is 0 Å². The number of benzene rings is 3. The first kappa shape index (κ1) is 21.3. The summed E-state index contributed by atoms with van der Waals surface area (Å²) < 4.78 is 14.7. The molecular weight excluding hydrogens is 397 g/mol. The molecule has 0 aliphatic heterocycles. The van der Waals surface area contributed by atoms with Crippen LogP contribution >= 0.6 is 0 Å². The fourth-order valence-electron chi connectivity index (χ4n) is 3.50. The summed E-state index contributed by atoms with van der Waals surface area (Å²) in [5.41, 5.74) is 4.14. The molecule has 0 amide bonds. The topological polar surface area (TPSA) is 38.7 Å². The zero-order valence-electron chi connectivity index (χ0n) is 18.2. The molecule has 1 heterocycles. The molecule has 0 saturated heterocycles. The molecule has 0 spiro atoms.